The summed E-state index contributed by atoms with van der Waals surface area (Å²) in [6.45, 7) is 6.90. The maximum atomic E-state index is 6.02. The molecule has 0 amide bonds. The van der Waals surface area contributed by atoms with Crippen molar-refractivity contribution in [1.29, 1.82) is 0 Å². The second-order valence-corrected chi connectivity index (χ2v) is 8.26. The molecule has 0 atom stereocenters. The Labute approximate surface area is 146 Å². The number of allylic oxidation sites excluding steroid dienone is 4. The molecule has 0 aliphatic heterocycles. The molecule has 1 aromatic rings. The Bertz CT molecular complexity index is 502. The van der Waals surface area contributed by atoms with Crippen LogP contribution in [-0.2, 0) is 6.42 Å². The molecule has 0 saturated heterocycles. The van der Waals surface area contributed by atoms with E-state index in [2.05, 4.69) is 49.7 Å². The van der Waals surface area contributed by atoms with Crippen molar-refractivity contribution in [2.24, 2.45) is 17.6 Å². The molecule has 128 valence electrons. The summed E-state index contributed by atoms with van der Waals surface area (Å²) in [5, 5.41) is 4.40. The Hall–Kier alpha value is -0.860. The molecule has 0 bridgehead atoms. The van der Waals surface area contributed by atoms with Gasteiger partial charge in [-0.15, -0.1) is 0 Å². The summed E-state index contributed by atoms with van der Waals surface area (Å²) in [5.41, 5.74) is 10.5. The molecule has 0 radical (unpaired) electrons. The van der Waals surface area contributed by atoms with E-state index in [0.29, 0.717) is 12.0 Å². The number of hydrogen-bond acceptors (Lipinski definition) is 2. The van der Waals surface area contributed by atoms with Crippen LogP contribution in [0, 0.1) is 11.8 Å². The third-order valence-corrected chi connectivity index (χ3v) is 5.86. The summed E-state index contributed by atoms with van der Waals surface area (Å²) in [6.07, 6.45) is 13.6. The predicted molar refractivity (Wildman–Crippen MR) is 104 cm³/mol. The fourth-order valence-corrected chi connectivity index (χ4v) is 4.10. The van der Waals surface area contributed by atoms with Crippen molar-refractivity contribution in [2.45, 2.75) is 71.8 Å². The minimum Gasteiger partial charge on any atom is -0.328 e. The third kappa shape index (κ3) is 6.64. The first-order chi connectivity index (χ1) is 11.0. The first-order valence-corrected chi connectivity index (χ1v) is 10.1. The lowest BCUT2D eigenvalue weighted by atomic mass is 9.82. The van der Waals surface area contributed by atoms with E-state index >= 15 is 0 Å². The summed E-state index contributed by atoms with van der Waals surface area (Å²) in [4.78, 5) is 0. The average Bonchev–Trinajstić information content (AvgIpc) is 3.04. The van der Waals surface area contributed by atoms with Crippen molar-refractivity contribution in [2.75, 3.05) is 0 Å². The maximum absolute atomic E-state index is 6.02. The zero-order chi connectivity index (χ0) is 16.7. The average molecular weight is 332 g/mol. The molecular formula is C21H33NS. The van der Waals surface area contributed by atoms with Crippen LogP contribution in [0.4, 0.5) is 0 Å². The van der Waals surface area contributed by atoms with Gasteiger partial charge >= 0.3 is 0 Å². The van der Waals surface area contributed by atoms with Gasteiger partial charge in [0.25, 0.3) is 0 Å². The fourth-order valence-electron chi connectivity index (χ4n) is 3.41. The molecule has 1 fully saturated rings. The van der Waals surface area contributed by atoms with Crippen LogP contribution in [0.5, 0.6) is 0 Å². The number of thiophene rings is 1. The zero-order valence-corrected chi connectivity index (χ0v) is 15.9. The summed E-state index contributed by atoms with van der Waals surface area (Å²) in [6, 6.07) is 2.68. The first-order valence-electron chi connectivity index (χ1n) is 9.18. The van der Waals surface area contributed by atoms with Crippen LogP contribution in [-0.4, -0.2) is 6.04 Å². The smallest absolute Gasteiger partial charge is 0.00390 e. The van der Waals surface area contributed by atoms with Crippen molar-refractivity contribution in [3.8, 4) is 0 Å². The highest BCUT2D eigenvalue weighted by atomic mass is 32.1. The highest BCUT2D eigenvalue weighted by Gasteiger charge is 2.18. The van der Waals surface area contributed by atoms with Gasteiger partial charge in [-0.3, -0.25) is 0 Å². The molecule has 2 rings (SSSR count). The standard InChI is InChI=1S/C21H33NS/c1-16(2)20(9-6-18-7-10-21(22)11-8-18)14-17(3)4-5-19-12-13-23-15-19/h4,12-16,18,21H,5-11,22H2,1-3H3/b17-4-,20-14-. The summed E-state index contributed by atoms with van der Waals surface area (Å²) in [5.74, 6) is 1.54. The van der Waals surface area contributed by atoms with Gasteiger partial charge in [-0.1, -0.05) is 37.1 Å². The van der Waals surface area contributed by atoms with E-state index in [1.807, 2.05) is 0 Å². The van der Waals surface area contributed by atoms with Crippen LogP contribution in [0.25, 0.3) is 0 Å². The van der Waals surface area contributed by atoms with E-state index in [1.165, 1.54) is 49.7 Å². The topological polar surface area (TPSA) is 26.0 Å². The van der Waals surface area contributed by atoms with E-state index in [0.717, 1.165) is 12.3 Å². The lowest BCUT2D eigenvalue weighted by molar-refractivity contribution is 0.309. The van der Waals surface area contributed by atoms with Gasteiger partial charge in [-0.25, -0.2) is 0 Å². The van der Waals surface area contributed by atoms with Gasteiger partial charge in [-0.2, -0.15) is 11.3 Å². The molecule has 1 aliphatic carbocycles. The lowest BCUT2D eigenvalue weighted by Crippen LogP contribution is -2.26. The van der Waals surface area contributed by atoms with Crippen LogP contribution >= 0.6 is 11.3 Å². The van der Waals surface area contributed by atoms with Gasteiger partial charge < -0.3 is 5.73 Å². The van der Waals surface area contributed by atoms with Crippen molar-refractivity contribution in [1.82, 2.24) is 0 Å². The molecule has 1 nitrogen and oxygen atoms in total. The predicted octanol–water partition coefficient (Wildman–Crippen LogP) is 6.12. The minimum absolute atomic E-state index is 0.466. The van der Waals surface area contributed by atoms with Gasteiger partial charge in [0.1, 0.15) is 0 Å². The molecule has 1 aromatic heterocycles. The third-order valence-electron chi connectivity index (χ3n) is 5.13. The van der Waals surface area contributed by atoms with Gasteiger partial charge in [0.05, 0.1) is 0 Å². The molecule has 2 N–H and O–H groups in total. The molecular weight excluding hydrogens is 298 g/mol. The summed E-state index contributed by atoms with van der Waals surface area (Å²) in [7, 11) is 0. The van der Waals surface area contributed by atoms with E-state index in [4.69, 9.17) is 5.73 Å². The summed E-state index contributed by atoms with van der Waals surface area (Å²) < 4.78 is 0. The number of nitrogens with two attached hydrogens (primary N) is 1. The van der Waals surface area contributed by atoms with Gasteiger partial charge in [-0.05, 0) is 86.1 Å². The normalized spacial score (nSPS) is 23.5. The van der Waals surface area contributed by atoms with Gasteiger partial charge in [0.15, 0.2) is 0 Å². The second-order valence-electron chi connectivity index (χ2n) is 7.48. The molecule has 0 aromatic carbocycles. The van der Waals surface area contributed by atoms with E-state index < -0.39 is 0 Å². The van der Waals surface area contributed by atoms with Crippen molar-refractivity contribution >= 4 is 11.3 Å². The molecule has 0 spiro atoms. The molecule has 1 saturated carbocycles. The van der Waals surface area contributed by atoms with E-state index in [9.17, 15) is 0 Å². The van der Waals surface area contributed by atoms with E-state index in [-0.39, 0.29) is 0 Å². The molecule has 23 heavy (non-hydrogen) atoms. The quantitative estimate of drug-likeness (QED) is 0.599. The molecule has 1 aliphatic rings. The maximum Gasteiger partial charge on any atom is 0.00390 e. The van der Waals surface area contributed by atoms with Crippen LogP contribution < -0.4 is 5.73 Å². The molecule has 2 heteroatoms. The number of hydrogen-bond donors (Lipinski definition) is 1. The highest BCUT2D eigenvalue weighted by Crippen LogP contribution is 2.30. The molecule has 1 heterocycles. The van der Waals surface area contributed by atoms with Crippen LogP contribution in [0.15, 0.2) is 40.1 Å². The van der Waals surface area contributed by atoms with Crippen LogP contribution in [0.2, 0.25) is 0 Å². The van der Waals surface area contributed by atoms with Crippen LogP contribution in [0.3, 0.4) is 0 Å². The summed E-state index contributed by atoms with van der Waals surface area (Å²) >= 11 is 1.78. The largest absolute Gasteiger partial charge is 0.328 e. The lowest BCUT2D eigenvalue weighted by Gasteiger charge is -2.26. The van der Waals surface area contributed by atoms with Crippen molar-refractivity contribution in [3.05, 3.63) is 45.7 Å². The fraction of sp³-hybridized carbons (Fsp3) is 0.619. The van der Waals surface area contributed by atoms with Crippen molar-refractivity contribution < 1.29 is 0 Å². The Morgan fingerprint density at radius 1 is 1.30 bits per heavy atom. The van der Waals surface area contributed by atoms with Gasteiger partial charge in [0, 0.05) is 6.04 Å². The Kier molecular flexibility index (Phi) is 7.58. The minimum atomic E-state index is 0.466. The number of rotatable bonds is 7. The van der Waals surface area contributed by atoms with Crippen LogP contribution in [0.1, 0.15) is 64.9 Å². The Balaban J connectivity index is 1.87. The zero-order valence-electron chi connectivity index (χ0n) is 15.1. The van der Waals surface area contributed by atoms with Crippen molar-refractivity contribution in [3.63, 3.8) is 0 Å². The molecule has 0 unspecified atom stereocenters. The second kappa shape index (κ2) is 9.44. The Morgan fingerprint density at radius 2 is 2.04 bits per heavy atom. The van der Waals surface area contributed by atoms with E-state index in [1.54, 1.807) is 16.9 Å². The highest BCUT2D eigenvalue weighted by molar-refractivity contribution is 7.07. The monoisotopic (exact) mass is 331 g/mol. The first kappa shape index (κ1) is 18.5. The Morgan fingerprint density at radius 3 is 2.65 bits per heavy atom. The SMILES string of the molecule is CC(=C/Cc1ccsc1)/C=C(/CCC1CCC(N)CC1)C(C)C. The van der Waals surface area contributed by atoms with Gasteiger partial charge in [0.2, 0.25) is 0 Å².